The SMILES string of the molecule is O=C(CN1CN(c2ccccc2)C2(CCN(C(=O)c3cnc4[nH]ncc4c3)CC2)C1=O)CC12CC3CC(CC(C3)C1)C2. The molecule has 4 saturated carbocycles. The third kappa shape index (κ3) is 4.23. The molecule has 218 valence electrons. The minimum Gasteiger partial charge on any atom is -0.339 e. The summed E-state index contributed by atoms with van der Waals surface area (Å²) >= 11 is 0. The summed E-state index contributed by atoms with van der Waals surface area (Å²) in [4.78, 5) is 51.4. The maximum atomic E-state index is 14.2. The molecule has 1 N–H and O–H groups in total. The lowest BCUT2D eigenvalue weighted by atomic mass is 9.48. The number of likely N-dealkylation sites (tertiary alicyclic amines) is 1. The van der Waals surface area contributed by atoms with Gasteiger partial charge in [-0.15, -0.1) is 0 Å². The Hall–Kier alpha value is -3.75. The minimum absolute atomic E-state index is 0.0267. The van der Waals surface area contributed by atoms with Gasteiger partial charge in [-0.25, -0.2) is 4.98 Å². The summed E-state index contributed by atoms with van der Waals surface area (Å²) in [6.45, 7) is 1.52. The number of anilines is 1. The van der Waals surface area contributed by atoms with Crippen LogP contribution in [-0.2, 0) is 9.59 Å². The van der Waals surface area contributed by atoms with Crippen molar-refractivity contribution in [2.24, 2.45) is 23.2 Å². The number of rotatable bonds is 6. The van der Waals surface area contributed by atoms with Crippen LogP contribution in [0.5, 0.6) is 0 Å². The number of Topliss-reactive ketones (excluding diaryl/α,β-unsaturated/α-hetero) is 1. The van der Waals surface area contributed by atoms with E-state index >= 15 is 0 Å². The summed E-state index contributed by atoms with van der Waals surface area (Å²) in [6, 6.07) is 11.9. The van der Waals surface area contributed by atoms with Gasteiger partial charge in [-0.2, -0.15) is 5.10 Å². The molecule has 2 saturated heterocycles. The first-order valence-electron chi connectivity index (χ1n) is 15.6. The molecule has 2 amide bonds. The number of aromatic nitrogens is 3. The van der Waals surface area contributed by atoms with Crippen molar-refractivity contribution in [3.05, 3.63) is 54.4 Å². The second-order valence-electron chi connectivity index (χ2n) is 13.9. The standard InChI is InChI=1S/C33H38N6O3/c40-28(17-32-14-22-10-23(15-32)12-24(11-22)16-32)20-38-21-39(27-4-2-1-3-5-27)33(31(38)42)6-8-37(9-7-33)30(41)26-13-25-19-35-36-29(25)34-18-26/h1-5,13,18-19,22-24H,6-12,14-17,20-21H2,(H,34,35,36). The fourth-order valence-corrected chi connectivity index (χ4v) is 9.73. The Bertz CT molecular complexity index is 1510. The van der Waals surface area contributed by atoms with Crippen LogP contribution < -0.4 is 4.90 Å². The molecule has 9 nitrogen and oxygen atoms in total. The van der Waals surface area contributed by atoms with Crippen molar-refractivity contribution in [3.8, 4) is 0 Å². The third-order valence-electron chi connectivity index (χ3n) is 11.1. The zero-order chi connectivity index (χ0) is 28.5. The highest BCUT2D eigenvalue weighted by molar-refractivity contribution is 5.99. The van der Waals surface area contributed by atoms with Crippen molar-refractivity contribution in [1.29, 1.82) is 0 Å². The van der Waals surface area contributed by atoms with E-state index in [4.69, 9.17) is 0 Å². The van der Waals surface area contributed by atoms with Crippen LogP contribution in [0, 0.1) is 23.2 Å². The Morgan fingerprint density at radius 1 is 0.952 bits per heavy atom. The molecule has 6 fully saturated rings. The molecule has 0 atom stereocenters. The van der Waals surface area contributed by atoms with E-state index in [1.165, 1.54) is 38.5 Å². The van der Waals surface area contributed by atoms with Gasteiger partial charge in [0.15, 0.2) is 11.4 Å². The fraction of sp³-hybridized carbons (Fsp3) is 0.545. The summed E-state index contributed by atoms with van der Waals surface area (Å²) in [7, 11) is 0. The summed E-state index contributed by atoms with van der Waals surface area (Å²) in [5, 5.41) is 7.62. The second kappa shape index (κ2) is 9.64. The Morgan fingerprint density at radius 2 is 1.64 bits per heavy atom. The number of nitrogens with zero attached hydrogens (tertiary/aromatic N) is 5. The smallest absolute Gasteiger partial charge is 0.255 e. The molecule has 3 aromatic rings. The summed E-state index contributed by atoms with van der Waals surface area (Å²) < 4.78 is 0. The zero-order valence-corrected chi connectivity index (χ0v) is 24.0. The number of pyridine rings is 1. The van der Waals surface area contributed by atoms with Crippen LogP contribution in [0.1, 0.15) is 68.1 Å². The normalized spacial score (nSPS) is 29.7. The van der Waals surface area contributed by atoms with Crippen molar-refractivity contribution in [1.82, 2.24) is 25.0 Å². The van der Waals surface area contributed by atoms with Gasteiger partial charge in [0.2, 0.25) is 5.91 Å². The van der Waals surface area contributed by atoms with Crippen molar-refractivity contribution < 1.29 is 14.4 Å². The number of carbonyl (C=O) groups is 3. The first kappa shape index (κ1) is 25.9. The van der Waals surface area contributed by atoms with Gasteiger partial charge in [0.1, 0.15) is 5.54 Å². The molecular weight excluding hydrogens is 528 g/mol. The van der Waals surface area contributed by atoms with Gasteiger partial charge in [0.05, 0.1) is 25.0 Å². The van der Waals surface area contributed by atoms with Crippen LogP contribution in [0.2, 0.25) is 0 Å². The number of piperidine rings is 1. The molecule has 2 aliphatic heterocycles. The number of H-pyrrole nitrogens is 1. The largest absolute Gasteiger partial charge is 0.339 e. The average Bonchev–Trinajstić information content (AvgIpc) is 3.55. The van der Waals surface area contributed by atoms with E-state index in [1.807, 2.05) is 41.3 Å². The number of aromatic amines is 1. The lowest BCUT2D eigenvalue weighted by molar-refractivity contribution is -0.138. The van der Waals surface area contributed by atoms with E-state index in [0.717, 1.165) is 28.8 Å². The topological polar surface area (TPSA) is 102 Å². The number of hydrogen-bond acceptors (Lipinski definition) is 6. The van der Waals surface area contributed by atoms with Crippen molar-refractivity contribution in [2.45, 2.75) is 63.3 Å². The zero-order valence-electron chi connectivity index (χ0n) is 24.0. The Balaban J connectivity index is 0.994. The molecule has 1 aromatic carbocycles. The Morgan fingerprint density at radius 3 is 2.33 bits per heavy atom. The minimum atomic E-state index is -0.758. The van der Waals surface area contributed by atoms with Crippen LogP contribution >= 0.6 is 0 Å². The van der Waals surface area contributed by atoms with Gasteiger partial charge < -0.3 is 14.7 Å². The predicted octanol–water partition coefficient (Wildman–Crippen LogP) is 4.41. The molecule has 9 heteroatoms. The van der Waals surface area contributed by atoms with Gasteiger partial charge in [-0.3, -0.25) is 19.5 Å². The highest BCUT2D eigenvalue weighted by Gasteiger charge is 2.55. The highest BCUT2D eigenvalue weighted by atomic mass is 16.2. The van der Waals surface area contributed by atoms with Crippen LogP contribution in [0.3, 0.4) is 0 Å². The third-order valence-corrected chi connectivity index (χ3v) is 11.1. The molecule has 6 aliphatic rings. The summed E-state index contributed by atoms with van der Waals surface area (Å²) in [6.07, 6.45) is 12.6. The first-order chi connectivity index (χ1) is 20.4. The van der Waals surface area contributed by atoms with Crippen LogP contribution in [-0.4, -0.2) is 74.4 Å². The molecule has 0 unspecified atom stereocenters. The number of benzene rings is 1. The number of para-hydroxylation sites is 1. The molecule has 1 spiro atoms. The van der Waals surface area contributed by atoms with E-state index in [2.05, 4.69) is 20.1 Å². The summed E-state index contributed by atoms with van der Waals surface area (Å²) in [5.41, 5.74) is 1.57. The molecule has 9 rings (SSSR count). The molecule has 0 radical (unpaired) electrons. The van der Waals surface area contributed by atoms with Crippen LogP contribution in [0.4, 0.5) is 5.69 Å². The first-order valence-corrected chi connectivity index (χ1v) is 15.6. The molecule has 42 heavy (non-hydrogen) atoms. The van der Waals surface area contributed by atoms with E-state index in [0.29, 0.717) is 50.2 Å². The van der Waals surface area contributed by atoms with Gasteiger partial charge in [-0.1, -0.05) is 18.2 Å². The van der Waals surface area contributed by atoms with Crippen molar-refractivity contribution >= 4 is 34.3 Å². The van der Waals surface area contributed by atoms with Crippen molar-refractivity contribution in [2.75, 3.05) is 31.2 Å². The lowest BCUT2D eigenvalue weighted by Crippen LogP contribution is -2.57. The number of nitrogens with one attached hydrogen (secondary N) is 1. The monoisotopic (exact) mass is 566 g/mol. The van der Waals surface area contributed by atoms with Gasteiger partial charge in [0, 0.05) is 36.8 Å². The fourth-order valence-electron chi connectivity index (χ4n) is 9.73. The molecule has 2 aromatic heterocycles. The number of carbonyl (C=O) groups excluding carboxylic acids is 3. The summed E-state index contributed by atoms with van der Waals surface area (Å²) in [5.74, 6) is 2.57. The number of ketones is 1. The molecular formula is C33H38N6O3. The van der Waals surface area contributed by atoms with Gasteiger partial charge >= 0.3 is 0 Å². The lowest BCUT2D eigenvalue weighted by Gasteiger charge is -2.56. The van der Waals surface area contributed by atoms with E-state index in [-0.39, 0.29) is 29.6 Å². The highest BCUT2D eigenvalue weighted by Crippen LogP contribution is 2.61. The predicted molar refractivity (Wildman–Crippen MR) is 157 cm³/mol. The van der Waals surface area contributed by atoms with E-state index in [9.17, 15) is 14.4 Å². The van der Waals surface area contributed by atoms with E-state index < -0.39 is 5.54 Å². The van der Waals surface area contributed by atoms with Gasteiger partial charge in [0.25, 0.3) is 5.91 Å². The average molecular weight is 567 g/mol. The number of amides is 2. The molecule has 4 bridgehead atoms. The number of fused-ring (bicyclic) bond motifs is 1. The number of hydrogen-bond donors (Lipinski definition) is 1. The van der Waals surface area contributed by atoms with Gasteiger partial charge in [-0.05, 0) is 92.7 Å². The molecule has 4 aliphatic carbocycles. The van der Waals surface area contributed by atoms with Crippen LogP contribution in [0.25, 0.3) is 11.0 Å². The molecule has 4 heterocycles. The van der Waals surface area contributed by atoms with E-state index in [1.54, 1.807) is 17.3 Å². The second-order valence-corrected chi connectivity index (χ2v) is 13.9. The maximum absolute atomic E-state index is 14.2. The van der Waals surface area contributed by atoms with Crippen LogP contribution in [0.15, 0.2) is 48.8 Å². The maximum Gasteiger partial charge on any atom is 0.255 e. The Kier molecular flexibility index (Phi) is 5.95. The quantitative estimate of drug-likeness (QED) is 0.474. The Labute approximate surface area is 245 Å². The van der Waals surface area contributed by atoms with Crippen molar-refractivity contribution in [3.63, 3.8) is 0 Å².